The molecule has 0 fully saturated rings. The van der Waals surface area contributed by atoms with Crippen molar-refractivity contribution < 1.29 is 13.2 Å². The van der Waals surface area contributed by atoms with Gasteiger partial charge in [0.05, 0.1) is 11.3 Å². The maximum atomic E-state index is 12.7. The van der Waals surface area contributed by atoms with Gasteiger partial charge in [-0.25, -0.2) is 0 Å². The Morgan fingerprint density at radius 3 is 1.80 bits per heavy atom. The lowest BCUT2D eigenvalue weighted by Crippen LogP contribution is -2.15. The molecule has 1 aromatic rings. The maximum Gasteiger partial charge on any atom is 0.416 e. The molecule has 0 saturated heterocycles. The number of nitrogens with one attached hydrogen (secondary N) is 2. The molecule has 1 aromatic carbocycles. The van der Waals surface area contributed by atoms with E-state index in [1.807, 2.05) is 0 Å². The van der Waals surface area contributed by atoms with E-state index in [9.17, 15) is 13.2 Å². The van der Waals surface area contributed by atoms with E-state index < -0.39 is 11.7 Å². The van der Waals surface area contributed by atoms with Crippen molar-refractivity contribution in [1.82, 2.24) is 10.6 Å². The van der Waals surface area contributed by atoms with E-state index in [4.69, 9.17) is 0 Å². The SMILES string of the molecule is CN/C(S)=N/N=C(C)/C(=N/N=C(\S)NC)c1ccc(C(F)(F)F)cc1. The summed E-state index contributed by atoms with van der Waals surface area (Å²) in [6.07, 6.45) is -4.42. The number of hydrogen-bond donors (Lipinski definition) is 4. The summed E-state index contributed by atoms with van der Waals surface area (Å²) in [5.74, 6) is 0. The molecule has 0 aliphatic carbocycles. The van der Waals surface area contributed by atoms with Gasteiger partial charge in [-0.15, -0.1) is 40.6 Å². The Kier molecular flexibility index (Phi) is 7.97. The highest BCUT2D eigenvalue weighted by Crippen LogP contribution is 2.29. The Bertz CT molecular complexity index is 708. The summed E-state index contributed by atoms with van der Waals surface area (Å²) < 4.78 is 38.1. The highest BCUT2D eigenvalue weighted by molar-refractivity contribution is 7.97. The van der Waals surface area contributed by atoms with Crippen molar-refractivity contribution in [3.05, 3.63) is 35.4 Å². The van der Waals surface area contributed by atoms with Gasteiger partial charge >= 0.3 is 6.18 Å². The number of benzene rings is 1. The number of alkyl halides is 3. The molecular weight excluding hydrogens is 373 g/mol. The Hall–Kier alpha value is -2.01. The summed E-state index contributed by atoms with van der Waals surface area (Å²) in [7, 11) is 3.22. The average Bonchev–Trinajstić information content (AvgIpc) is 2.59. The molecule has 0 aliphatic rings. The van der Waals surface area contributed by atoms with Gasteiger partial charge in [0.15, 0.2) is 10.3 Å². The number of thiol groups is 2. The van der Waals surface area contributed by atoms with Gasteiger partial charge in [-0.2, -0.15) is 18.3 Å². The second-order valence-electron chi connectivity index (χ2n) is 4.56. The molecule has 2 N–H and O–H groups in total. The molecule has 0 spiro atoms. The Morgan fingerprint density at radius 2 is 1.36 bits per heavy atom. The molecule has 0 heterocycles. The molecule has 0 amide bonds. The second-order valence-corrected chi connectivity index (χ2v) is 5.40. The van der Waals surface area contributed by atoms with Crippen LogP contribution in [0, 0.1) is 0 Å². The fourth-order valence-electron chi connectivity index (χ4n) is 1.52. The van der Waals surface area contributed by atoms with E-state index in [-0.39, 0.29) is 16.0 Å². The lowest BCUT2D eigenvalue weighted by molar-refractivity contribution is -0.137. The number of amidine groups is 2. The van der Waals surface area contributed by atoms with E-state index in [1.165, 1.54) is 12.1 Å². The smallest absolute Gasteiger partial charge is 0.366 e. The monoisotopic (exact) mass is 390 g/mol. The van der Waals surface area contributed by atoms with Gasteiger partial charge in [0.2, 0.25) is 0 Å². The van der Waals surface area contributed by atoms with Crippen molar-refractivity contribution in [3.63, 3.8) is 0 Å². The first-order valence-electron chi connectivity index (χ1n) is 6.88. The number of nitrogens with zero attached hydrogens (tertiary/aromatic N) is 4. The predicted molar refractivity (Wildman–Crippen MR) is 102 cm³/mol. The van der Waals surface area contributed by atoms with Crippen molar-refractivity contribution in [2.24, 2.45) is 20.4 Å². The van der Waals surface area contributed by atoms with Crippen LogP contribution in [0.3, 0.4) is 0 Å². The van der Waals surface area contributed by atoms with E-state index in [2.05, 4.69) is 56.3 Å². The maximum absolute atomic E-state index is 12.7. The van der Waals surface area contributed by atoms with Crippen LogP contribution in [0.1, 0.15) is 18.1 Å². The molecule has 0 saturated carbocycles. The van der Waals surface area contributed by atoms with Gasteiger partial charge in [0.25, 0.3) is 0 Å². The molecule has 0 aliphatic heterocycles. The normalized spacial score (nSPS) is 14.6. The van der Waals surface area contributed by atoms with Crippen LogP contribution in [0.5, 0.6) is 0 Å². The summed E-state index contributed by atoms with van der Waals surface area (Å²) in [5, 5.41) is 21.4. The molecule has 6 nitrogen and oxygen atoms in total. The van der Waals surface area contributed by atoms with Gasteiger partial charge in [0, 0.05) is 19.7 Å². The zero-order valence-corrected chi connectivity index (χ0v) is 15.4. The number of halogens is 3. The van der Waals surface area contributed by atoms with Crippen molar-refractivity contribution >= 4 is 47.0 Å². The largest absolute Gasteiger partial charge is 0.416 e. The number of hydrogen-bond acceptors (Lipinski definition) is 4. The highest BCUT2D eigenvalue weighted by atomic mass is 32.1. The average molecular weight is 390 g/mol. The topological polar surface area (TPSA) is 73.5 Å². The first-order chi connectivity index (χ1) is 11.7. The Balaban J connectivity index is 3.32. The van der Waals surface area contributed by atoms with Gasteiger partial charge in [0.1, 0.15) is 5.71 Å². The van der Waals surface area contributed by atoms with Crippen molar-refractivity contribution in [1.29, 1.82) is 0 Å². The standard InChI is InChI=1S/C14H17F3N6S2/c1-8(20-22-12(24)18-2)11(21-23-13(25)19-3)9-4-6-10(7-5-9)14(15,16)17/h4-7H,1-3H3,(H2,18,22,24)(H2,19,23,25)/b20-8+,21-11-. The van der Waals surface area contributed by atoms with Crippen LogP contribution in [0.4, 0.5) is 13.2 Å². The van der Waals surface area contributed by atoms with E-state index in [0.29, 0.717) is 11.3 Å². The van der Waals surface area contributed by atoms with Crippen molar-refractivity contribution in [2.45, 2.75) is 13.1 Å². The third kappa shape index (κ3) is 6.78. The van der Waals surface area contributed by atoms with Crippen LogP contribution in [-0.2, 0) is 6.18 Å². The second kappa shape index (κ2) is 9.47. The predicted octanol–water partition coefficient (Wildman–Crippen LogP) is 2.80. The lowest BCUT2D eigenvalue weighted by Gasteiger charge is -2.08. The van der Waals surface area contributed by atoms with Crippen LogP contribution >= 0.6 is 25.3 Å². The molecule has 0 radical (unpaired) electrons. The van der Waals surface area contributed by atoms with E-state index >= 15 is 0 Å². The molecule has 136 valence electrons. The molecule has 11 heteroatoms. The van der Waals surface area contributed by atoms with Gasteiger partial charge in [-0.1, -0.05) is 12.1 Å². The molecule has 25 heavy (non-hydrogen) atoms. The zero-order chi connectivity index (χ0) is 19.0. The fourth-order valence-corrected chi connectivity index (χ4v) is 1.61. The molecular formula is C14H17F3N6S2. The van der Waals surface area contributed by atoms with E-state index in [1.54, 1.807) is 21.0 Å². The summed E-state index contributed by atoms with van der Waals surface area (Å²) in [5.41, 5.74) is 0.222. The van der Waals surface area contributed by atoms with Gasteiger partial charge in [-0.3, -0.25) is 0 Å². The minimum Gasteiger partial charge on any atom is -0.366 e. The van der Waals surface area contributed by atoms with Crippen LogP contribution in [0.15, 0.2) is 44.7 Å². The lowest BCUT2D eigenvalue weighted by atomic mass is 10.0. The third-order valence-electron chi connectivity index (χ3n) is 2.82. The van der Waals surface area contributed by atoms with E-state index in [0.717, 1.165) is 12.1 Å². The van der Waals surface area contributed by atoms with Crippen LogP contribution in [-0.4, -0.2) is 35.9 Å². The summed E-state index contributed by atoms with van der Waals surface area (Å²) in [6.45, 7) is 1.60. The fraction of sp³-hybridized carbons (Fsp3) is 0.286. The first-order valence-corrected chi connectivity index (χ1v) is 7.77. The highest BCUT2D eigenvalue weighted by Gasteiger charge is 2.30. The first kappa shape index (κ1) is 21.0. The summed E-state index contributed by atoms with van der Waals surface area (Å²) >= 11 is 8.06. The zero-order valence-electron chi connectivity index (χ0n) is 13.6. The van der Waals surface area contributed by atoms with Crippen molar-refractivity contribution in [3.8, 4) is 0 Å². The minimum atomic E-state index is -4.42. The van der Waals surface area contributed by atoms with Crippen LogP contribution < -0.4 is 10.6 Å². The van der Waals surface area contributed by atoms with Crippen molar-refractivity contribution in [2.75, 3.05) is 14.1 Å². The molecule has 0 aromatic heterocycles. The quantitative estimate of drug-likeness (QED) is 0.276. The van der Waals surface area contributed by atoms with Gasteiger partial charge < -0.3 is 10.6 Å². The summed E-state index contributed by atoms with van der Waals surface area (Å²) in [6, 6.07) is 4.50. The minimum absolute atomic E-state index is 0.228. The molecule has 1 rings (SSSR count). The third-order valence-corrected chi connectivity index (χ3v) is 3.44. The van der Waals surface area contributed by atoms with Crippen LogP contribution in [0.25, 0.3) is 0 Å². The Labute approximate surface area is 154 Å². The van der Waals surface area contributed by atoms with Gasteiger partial charge in [-0.05, 0) is 19.1 Å². The molecule has 0 unspecified atom stereocenters. The molecule has 0 atom stereocenters. The van der Waals surface area contributed by atoms with Crippen LogP contribution in [0.2, 0.25) is 0 Å². The Morgan fingerprint density at radius 1 is 0.880 bits per heavy atom. The molecule has 0 bridgehead atoms. The summed E-state index contributed by atoms with van der Waals surface area (Å²) in [4.78, 5) is 0. The number of rotatable bonds is 4.